The molecule has 3 amide bonds. The zero-order valence-electron chi connectivity index (χ0n) is 13.0. The van der Waals surface area contributed by atoms with Gasteiger partial charge in [0.15, 0.2) is 0 Å². The van der Waals surface area contributed by atoms with E-state index in [0.29, 0.717) is 18.1 Å². The number of imide groups is 1. The minimum absolute atomic E-state index is 0.0689. The Morgan fingerprint density at radius 1 is 1.17 bits per heavy atom. The summed E-state index contributed by atoms with van der Waals surface area (Å²) in [4.78, 5) is 25.1. The molecule has 0 radical (unpaired) electrons. The van der Waals surface area contributed by atoms with Crippen LogP contribution in [0.1, 0.15) is 17.2 Å². The lowest BCUT2D eigenvalue weighted by Crippen LogP contribution is -2.41. The Bertz CT molecular complexity index is 736. The Labute approximate surface area is 145 Å². The topological polar surface area (TPSA) is 61.4 Å². The van der Waals surface area contributed by atoms with Gasteiger partial charge in [-0.1, -0.05) is 54.1 Å². The second kappa shape index (κ2) is 7.47. The first-order valence-corrected chi connectivity index (χ1v) is 8.15. The maximum atomic E-state index is 12.3. The predicted molar refractivity (Wildman–Crippen MR) is 92.9 cm³/mol. The van der Waals surface area contributed by atoms with Gasteiger partial charge in [-0.3, -0.25) is 15.0 Å². The van der Waals surface area contributed by atoms with Gasteiger partial charge in [0.2, 0.25) is 5.91 Å². The van der Waals surface area contributed by atoms with Crippen molar-refractivity contribution in [3.8, 4) is 0 Å². The fraction of sp³-hybridized carbons (Fsp3) is 0.222. The summed E-state index contributed by atoms with van der Waals surface area (Å²) in [5.74, 6) is -0.243. The van der Waals surface area contributed by atoms with Gasteiger partial charge in [0.05, 0.1) is 12.6 Å². The highest BCUT2D eigenvalue weighted by Gasteiger charge is 2.26. The molecular formula is C18H18ClN3O2. The van der Waals surface area contributed by atoms with Crippen LogP contribution in [0.15, 0.2) is 54.6 Å². The molecule has 0 aliphatic carbocycles. The van der Waals surface area contributed by atoms with Gasteiger partial charge in [0.1, 0.15) is 0 Å². The number of carbonyl (C=O) groups excluding carboxylic acids is 2. The number of hydrogen-bond donors (Lipinski definition) is 2. The smallest absolute Gasteiger partial charge is 0.324 e. The Morgan fingerprint density at radius 3 is 2.58 bits per heavy atom. The number of hydrogen-bond acceptors (Lipinski definition) is 3. The lowest BCUT2D eigenvalue weighted by atomic mass is 9.99. The fourth-order valence-electron chi connectivity index (χ4n) is 2.75. The summed E-state index contributed by atoms with van der Waals surface area (Å²) in [6, 6.07) is 16.8. The van der Waals surface area contributed by atoms with Gasteiger partial charge < -0.3 is 5.32 Å². The van der Waals surface area contributed by atoms with Crippen molar-refractivity contribution < 1.29 is 9.59 Å². The van der Waals surface area contributed by atoms with Crippen molar-refractivity contribution in [1.29, 1.82) is 0 Å². The second-order valence-electron chi connectivity index (χ2n) is 5.56. The average Bonchev–Trinajstić information content (AvgIpc) is 3.02. The molecule has 2 aromatic rings. The largest absolute Gasteiger partial charge is 0.336 e. The Hall–Kier alpha value is -2.37. The standard InChI is InChI=1S/C18H18ClN3O2/c19-15-8-4-7-14(11-15)17(13-5-2-1-3-6-13)21-12-16(23)22-10-9-20-18(22)24/h1-8,11,17,21H,9-10,12H2,(H,20,24). The molecular weight excluding hydrogens is 326 g/mol. The molecule has 1 aliphatic heterocycles. The lowest BCUT2D eigenvalue weighted by Gasteiger charge is -2.21. The van der Waals surface area contributed by atoms with E-state index in [1.54, 1.807) is 0 Å². The SMILES string of the molecule is O=C(CNC(c1ccccc1)c1cccc(Cl)c1)N1CCNC1=O. The van der Waals surface area contributed by atoms with Crippen molar-refractivity contribution in [2.24, 2.45) is 0 Å². The number of rotatable bonds is 5. The van der Waals surface area contributed by atoms with E-state index in [2.05, 4.69) is 10.6 Å². The van der Waals surface area contributed by atoms with Crippen LogP contribution < -0.4 is 10.6 Å². The molecule has 1 aliphatic rings. The van der Waals surface area contributed by atoms with Crippen LogP contribution in [0.2, 0.25) is 5.02 Å². The lowest BCUT2D eigenvalue weighted by molar-refractivity contribution is -0.126. The van der Waals surface area contributed by atoms with Crippen LogP contribution in [-0.4, -0.2) is 36.5 Å². The van der Waals surface area contributed by atoms with E-state index in [1.807, 2.05) is 54.6 Å². The Kier molecular flexibility index (Phi) is 5.13. The third-order valence-corrected chi connectivity index (χ3v) is 4.17. The van der Waals surface area contributed by atoms with Crippen LogP contribution in [0.3, 0.4) is 0 Å². The summed E-state index contributed by atoms with van der Waals surface area (Å²) >= 11 is 6.11. The number of nitrogens with zero attached hydrogens (tertiary/aromatic N) is 1. The quantitative estimate of drug-likeness (QED) is 0.877. The van der Waals surface area contributed by atoms with E-state index in [9.17, 15) is 9.59 Å². The molecule has 124 valence electrons. The summed E-state index contributed by atoms with van der Waals surface area (Å²) in [5.41, 5.74) is 1.99. The number of amides is 3. The molecule has 2 aromatic carbocycles. The van der Waals surface area contributed by atoms with Crippen LogP contribution in [0.25, 0.3) is 0 Å². The molecule has 5 nitrogen and oxygen atoms in total. The maximum absolute atomic E-state index is 12.3. The van der Waals surface area contributed by atoms with Gasteiger partial charge in [-0.2, -0.15) is 0 Å². The number of carbonyl (C=O) groups is 2. The summed E-state index contributed by atoms with van der Waals surface area (Å²) in [6.07, 6.45) is 0. The first kappa shape index (κ1) is 16.5. The molecule has 0 spiro atoms. The molecule has 3 rings (SSSR count). The molecule has 1 atom stereocenters. The van der Waals surface area contributed by atoms with Crippen molar-refractivity contribution in [3.05, 3.63) is 70.7 Å². The molecule has 2 N–H and O–H groups in total. The molecule has 0 bridgehead atoms. The monoisotopic (exact) mass is 343 g/mol. The Balaban J connectivity index is 1.78. The van der Waals surface area contributed by atoms with Crippen LogP contribution in [0.4, 0.5) is 4.79 Å². The van der Waals surface area contributed by atoms with Gasteiger partial charge in [-0.15, -0.1) is 0 Å². The molecule has 1 fully saturated rings. The molecule has 0 saturated carbocycles. The van der Waals surface area contributed by atoms with E-state index < -0.39 is 0 Å². The van der Waals surface area contributed by atoms with E-state index >= 15 is 0 Å². The van der Waals surface area contributed by atoms with Gasteiger partial charge in [0, 0.05) is 18.1 Å². The van der Waals surface area contributed by atoms with Gasteiger partial charge in [0.25, 0.3) is 0 Å². The van der Waals surface area contributed by atoms with E-state index in [0.717, 1.165) is 11.1 Å². The molecule has 24 heavy (non-hydrogen) atoms. The maximum Gasteiger partial charge on any atom is 0.324 e. The zero-order valence-corrected chi connectivity index (χ0v) is 13.8. The summed E-state index contributed by atoms with van der Waals surface area (Å²) in [6.45, 7) is 0.979. The number of urea groups is 1. The fourth-order valence-corrected chi connectivity index (χ4v) is 2.95. The van der Waals surface area contributed by atoms with Crippen LogP contribution in [0, 0.1) is 0 Å². The number of benzene rings is 2. The Morgan fingerprint density at radius 2 is 1.92 bits per heavy atom. The van der Waals surface area contributed by atoms with E-state index in [1.165, 1.54) is 4.90 Å². The summed E-state index contributed by atoms with van der Waals surface area (Å²) in [7, 11) is 0. The van der Waals surface area contributed by atoms with Gasteiger partial charge in [-0.05, 0) is 23.3 Å². The first-order chi connectivity index (χ1) is 11.6. The normalized spacial score (nSPS) is 15.2. The van der Waals surface area contributed by atoms with Crippen molar-refractivity contribution in [2.75, 3.05) is 19.6 Å². The van der Waals surface area contributed by atoms with Crippen LogP contribution >= 0.6 is 11.6 Å². The molecule has 6 heteroatoms. The average molecular weight is 344 g/mol. The van der Waals surface area contributed by atoms with Crippen LogP contribution in [0.5, 0.6) is 0 Å². The van der Waals surface area contributed by atoms with Crippen molar-refractivity contribution >= 4 is 23.5 Å². The molecule has 1 saturated heterocycles. The van der Waals surface area contributed by atoms with Crippen molar-refractivity contribution in [3.63, 3.8) is 0 Å². The van der Waals surface area contributed by atoms with E-state index in [4.69, 9.17) is 11.6 Å². The summed E-state index contributed by atoms with van der Waals surface area (Å²) < 4.78 is 0. The highest BCUT2D eigenvalue weighted by atomic mass is 35.5. The molecule has 1 heterocycles. The first-order valence-electron chi connectivity index (χ1n) is 7.77. The van der Waals surface area contributed by atoms with Crippen molar-refractivity contribution in [1.82, 2.24) is 15.5 Å². The van der Waals surface area contributed by atoms with E-state index in [-0.39, 0.29) is 24.5 Å². The predicted octanol–water partition coefficient (Wildman–Crippen LogP) is 2.57. The third-order valence-electron chi connectivity index (χ3n) is 3.93. The van der Waals surface area contributed by atoms with Gasteiger partial charge >= 0.3 is 6.03 Å². The van der Waals surface area contributed by atoms with Gasteiger partial charge in [-0.25, -0.2) is 4.79 Å². The molecule has 0 aromatic heterocycles. The number of nitrogens with one attached hydrogen (secondary N) is 2. The second-order valence-corrected chi connectivity index (χ2v) is 5.99. The minimum atomic E-state index is -0.333. The molecule has 1 unspecified atom stereocenters. The highest BCUT2D eigenvalue weighted by molar-refractivity contribution is 6.30. The third kappa shape index (κ3) is 3.75. The van der Waals surface area contributed by atoms with Crippen molar-refractivity contribution in [2.45, 2.75) is 6.04 Å². The summed E-state index contributed by atoms with van der Waals surface area (Å²) in [5, 5.41) is 6.52. The highest BCUT2D eigenvalue weighted by Crippen LogP contribution is 2.24. The zero-order chi connectivity index (χ0) is 16.9. The number of halogens is 1. The minimum Gasteiger partial charge on any atom is -0.336 e. The van der Waals surface area contributed by atoms with Crippen LogP contribution in [-0.2, 0) is 4.79 Å².